The van der Waals surface area contributed by atoms with Crippen LogP contribution in [0, 0.1) is 5.92 Å². The molecular formula is C29H30N6O4. The van der Waals surface area contributed by atoms with E-state index in [0.29, 0.717) is 43.0 Å². The number of piperidine rings is 1. The zero-order valence-electron chi connectivity index (χ0n) is 21.8. The standard InChI is InChI=1S/C29H30N6O4/c1-18(2)24(34-27(37)25-26(36)33-23-11-7-6-10-22(23)32-25)28(38)35-14-12-21(13-15-35)39-29-30-16-20(17-31-29)19-8-4-3-5-9-19/h3-11,16-18,21,24H,12-15H2,1-2H3,(H,33,36)(H,34,37)/t24-/m0/s1. The highest BCUT2D eigenvalue weighted by Crippen LogP contribution is 2.22. The summed E-state index contributed by atoms with van der Waals surface area (Å²) < 4.78 is 5.98. The van der Waals surface area contributed by atoms with Crippen molar-refractivity contribution in [1.82, 2.24) is 30.2 Å². The Labute approximate surface area is 226 Å². The molecule has 1 aliphatic rings. The highest BCUT2D eigenvalue weighted by Gasteiger charge is 2.33. The van der Waals surface area contributed by atoms with Gasteiger partial charge in [-0.1, -0.05) is 56.3 Å². The van der Waals surface area contributed by atoms with E-state index in [9.17, 15) is 14.7 Å². The number of aromatic hydroxyl groups is 1. The third-order valence-corrected chi connectivity index (χ3v) is 6.75. The van der Waals surface area contributed by atoms with Gasteiger partial charge in [-0.15, -0.1) is 0 Å². The van der Waals surface area contributed by atoms with Crippen molar-refractivity contribution in [1.29, 1.82) is 0 Å². The van der Waals surface area contributed by atoms with Gasteiger partial charge in [-0.25, -0.2) is 19.9 Å². The van der Waals surface area contributed by atoms with Crippen LogP contribution in [0.2, 0.25) is 0 Å². The highest BCUT2D eigenvalue weighted by molar-refractivity contribution is 5.99. The smallest absolute Gasteiger partial charge is 0.316 e. The van der Waals surface area contributed by atoms with E-state index in [0.717, 1.165) is 11.1 Å². The summed E-state index contributed by atoms with van der Waals surface area (Å²) in [5, 5.41) is 13.0. The first kappa shape index (κ1) is 26.0. The molecule has 0 bridgehead atoms. The maximum absolute atomic E-state index is 13.4. The molecule has 2 aromatic heterocycles. The van der Waals surface area contributed by atoms with Crippen molar-refractivity contribution in [3.8, 4) is 23.0 Å². The van der Waals surface area contributed by atoms with Crippen molar-refractivity contribution < 1.29 is 19.4 Å². The second-order valence-electron chi connectivity index (χ2n) is 9.84. The lowest BCUT2D eigenvalue weighted by molar-refractivity contribution is -0.136. The van der Waals surface area contributed by atoms with E-state index < -0.39 is 17.8 Å². The number of likely N-dealkylation sites (tertiary alicyclic amines) is 1. The normalized spacial score (nSPS) is 14.8. The summed E-state index contributed by atoms with van der Waals surface area (Å²) in [6.45, 7) is 4.68. The van der Waals surface area contributed by atoms with Gasteiger partial charge in [0.25, 0.3) is 5.91 Å². The number of amides is 2. The van der Waals surface area contributed by atoms with Crippen LogP contribution < -0.4 is 10.1 Å². The van der Waals surface area contributed by atoms with E-state index in [-0.39, 0.29) is 23.6 Å². The molecule has 4 aromatic rings. The van der Waals surface area contributed by atoms with E-state index in [2.05, 4.69) is 25.3 Å². The molecule has 2 aromatic carbocycles. The molecular weight excluding hydrogens is 496 g/mol. The van der Waals surface area contributed by atoms with Gasteiger partial charge >= 0.3 is 6.01 Å². The molecule has 3 heterocycles. The van der Waals surface area contributed by atoms with Gasteiger partial charge in [0, 0.05) is 43.9 Å². The number of hydrogen-bond donors (Lipinski definition) is 2. The van der Waals surface area contributed by atoms with E-state index in [1.54, 1.807) is 41.6 Å². The van der Waals surface area contributed by atoms with Gasteiger partial charge in [0.15, 0.2) is 5.69 Å². The van der Waals surface area contributed by atoms with Crippen molar-refractivity contribution in [3.05, 3.63) is 72.7 Å². The second-order valence-corrected chi connectivity index (χ2v) is 9.84. The number of carbonyl (C=O) groups is 2. The van der Waals surface area contributed by atoms with Gasteiger partial charge in [-0.3, -0.25) is 9.59 Å². The number of aromatic nitrogens is 4. The lowest BCUT2D eigenvalue weighted by Crippen LogP contribution is -2.53. The van der Waals surface area contributed by atoms with Crippen molar-refractivity contribution in [2.75, 3.05) is 13.1 Å². The molecule has 2 N–H and O–H groups in total. The maximum Gasteiger partial charge on any atom is 0.316 e. The Hall–Kier alpha value is -4.60. The van der Waals surface area contributed by atoms with Gasteiger partial charge in [0.2, 0.25) is 11.8 Å². The molecule has 0 spiro atoms. The maximum atomic E-state index is 13.4. The van der Waals surface area contributed by atoms with Crippen LogP contribution in [0.5, 0.6) is 11.9 Å². The van der Waals surface area contributed by atoms with Crippen LogP contribution in [0.1, 0.15) is 37.2 Å². The Kier molecular flexibility index (Phi) is 7.62. The van der Waals surface area contributed by atoms with Gasteiger partial charge in [-0.2, -0.15) is 0 Å². The Morgan fingerprint density at radius 3 is 2.18 bits per heavy atom. The van der Waals surface area contributed by atoms with Crippen LogP contribution >= 0.6 is 0 Å². The predicted molar refractivity (Wildman–Crippen MR) is 145 cm³/mol. The topological polar surface area (TPSA) is 130 Å². The number of carbonyl (C=O) groups excluding carboxylic acids is 2. The summed E-state index contributed by atoms with van der Waals surface area (Å²) >= 11 is 0. The first-order chi connectivity index (χ1) is 18.9. The molecule has 200 valence electrons. The molecule has 2 amide bonds. The average molecular weight is 527 g/mol. The first-order valence-electron chi connectivity index (χ1n) is 13.0. The van der Waals surface area contributed by atoms with E-state index >= 15 is 0 Å². The summed E-state index contributed by atoms with van der Waals surface area (Å²) in [4.78, 5) is 45.1. The van der Waals surface area contributed by atoms with Crippen molar-refractivity contribution >= 4 is 22.8 Å². The largest absolute Gasteiger partial charge is 0.492 e. The molecule has 1 aliphatic heterocycles. The van der Waals surface area contributed by atoms with Gasteiger partial charge in [0.1, 0.15) is 12.1 Å². The molecule has 0 aliphatic carbocycles. The number of nitrogens with one attached hydrogen (secondary N) is 1. The number of para-hydroxylation sites is 2. The van der Waals surface area contributed by atoms with Crippen LogP contribution in [-0.2, 0) is 4.79 Å². The minimum atomic E-state index is -0.781. The lowest BCUT2D eigenvalue weighted by Gasteiger charge is -2.35. The summed E-state index contributed by atoms with van der Waals surface area (Å²) in [5.41, 5.74) is 2.69. The molecule has 0 radical (unpaired) electrons. The zero-order valence-corrected chi connectivity index (χ0v) is 21.8. The van der Waals surface area contributed by atoms with Crippen LogP contribution in [0.4, 0.5) is 0 Å². The van der Waals surface area contributed by atoms with Crippen molar-refractivity contribution in [2.45, 2.75) is 38.8 Å². The van der Waals surface area contributed by atoms with Crippen LogP contribution in [0.15, 0.2) is 67.0 Å². The Morgan fingerprint density at radius 2 is 1.54 bits per heavy atom. The summed E-state index contributed by atoms with van der Waals surface area (Å²) in [7, 11) is 0. The fourth-order valence-corrected chi connectivity index (χ4v) is 4.56. The number of ether oxygens (including phenoxy) is 1. The Bertz CT molecular complexity index is 1450. The van der Waals surface area contributed by atoms with Crippen molar-refractivity contribution in [2.24, 2.45) is 5.92 Å². The third-order valence-electron chi connectivity index (χ3n) is 6.75. The number of fused-ring (bicyclic) bond motifs is 1. The third kappa shape index (κ3) is 5.95. The number of hydrogen-bond acceptors (Lipinski definition) is 8. The molecule has 10 heteroatoms. The van der Waals surface area contributed by atoms with Crippen LogP contribution in [-0.4, -0.2) is 67.0 Å². The lowest BCUT2D eigenvalue weighted by atomic mass is 10.00. The van der Waals surface area contributed by atoms with Gasteiger partial charge < -0.3 is 20.1 Å². The number of benzene rings is 2. The van der Waals surface area contributed by atoms with Gasteiger partial charge in [-0.05, 0) is 23.6 Å². The molecule has 0 saturated carbocycles. The number of rotatable bonds is 7. The first-order valence-corrected chi connectivity index (χ1v) is 13.0. The number of nitrogens with zero attached hydrogens (tertiary/aromatic N) is 5. The van der Waals surface area contributed by atoms with E-state index in [1.165, 1.54) is 0 Å². The van der Waals surface area contributed by atoms with Crippen molar-refractivity contribution in [3.63, 3.8) is 0 Å². The monoisotopic (exact) mass is 526 g/mol. The molecule has 1 saturated heterocycles. The SMILES string of the molecule is CC(C)[C@H](NC(=O)c1nc2ccccc2nc1O)C(=O)N1CCC(Oc2ncc(-c3ccccc3)cn2)CC1. The summed E-state index contributed by atoms with van der Waals surface area (Å²) in [6.07, 6.45) is 4.60. The molecule has 1 atom stereocenters. The van der Waals surface area contributed by atoms with E-state index in [1.807, 2.05) is 44.2 Å². The van der Waals surface area contributed by atoms with Gasteiger partial charge in [0.05, 0.1) is 11.0 Å². The van der Waals surface area contributed by atoms with Crippen LogP contribution in [0.25, 0.3) is 22.2 Å². The minimum Gasteiger partial charge on any atom is -0.492 e. The zero-order chi connectivity index (χ0) is 27.4. The molecule has 1 fully saturated rings. The van der Waals surface area contributed by atoms with Crippen LogP contribution in [0.3, 0.4) is 0 Å². The molecule has 5 rings (SSSR count). The average Bonchev–Trinajstić information content (AvgIpc) is 2.96. The molecule has 10 nitrogen and oxygen atoms in total. The summed E-state index contributed by atoms with van der Waals surface area (Å²) in [6, 6.07) is 16.4. The highest BCUT2D eigenvalue weighted by atomic mass is 16.5. The Morgan fingerprint density at radius 1 is 0.923 bits per heavy atom. The molecule has 39 heavy (non-hydrogen) atoms. The minimum absolute atomic E-state index is 0.117. The van der Waals surface area contributed by atoms with E-state index in [4.69, 9.17) is 4.74 Å². The Balaban J connectivity index is 1.18. The predicted octanol–water partition coefficient (Wildman–Crippen LogP) is 3.62. The second kappa shape index (κ2) is 11.4. The molecule has 0 unspecified atom stereocenters. The summed E-state index contributed by atoms with van der Waals surface area (Å²) in [5.74, 6) is -1.48. The fourth-order valence-electron chi connectivity index (χ4n) is 4.56. The quantitative estimate of drug-likeness (QED) is 0.373. The fraction of sp³-hybridized carbons (Fsp3) is 0.310.